The Morgan fingerprint density at radius 2 is 2.06 bits per heavy atom. The molecule has 1 aromatic heterocycles. The van der Waals surface area contributed by atoms with Gasteiger partial charge in [0.2, 0.25) is 0 Å². The molecular weight excluding hydrogens is 244 g/mol. The van der Waals surface area contributed by atoms with Gasteiger partial charge in [-0.1, -0.05) is 12.1 Å². The van der Waals surface area contributed by atoms with E-state index in [1.165, 1.54) is 0 Å². The summed E-state index contributed by atoms with van der Waals surface area (Å²) in [6.45, 7) is 0. The van der Waals surface area contributed by atoms with Crippen LogP contribution in [0.1, 0.15) is 23.3 Å². The van der Waals surface area contributed by atoms with Crippen molar-refractivity contribution in [2.45, 2.75) is 24.7 Å². The number of nitrogens with two attached hydrogens (primary N) is 1. The molecule has 2 aromatic rings. The van der Waals surface area contributed by atoms with Crippen LogP contribution in [0, 0.1) is 0 Å². The summed E-state index contributed by atoms with van der Waals surface area (Å²) in [4.78, 5) is 17.5. The number of anilines is 1. The lowest BCUT2D eigenvalue weighted by Gasteiger charge is -2.14. The third-order valence-electron chi connectivity index (χ3n) is 3.57. The molecule has 3 nitrogen and oxygen atoms in total. The molecule has 1 heterocycles. The maximum Gasteiger partial charge on any atom is 0.148 e. The molecule has 0 unspecified atom stereocenters. The number of ketones is 1. The van der Waals surface area contributed by atoms with Gasteiger partial charge in [-0.2, -0.15) is 0 Å². The van der Waals surface area contributed by atoms with E-state index in [1.54, 1.807) is 23.0 Å². The van der Waals surface area contributed by atoms with Crippen LogP contribution < -0.4 is 5.73 Å². The van der Waals surface area contributed by atoms with Gasteiger partial charge in [0.25, 0.3) is 0 Å². The molecule has 1 saturated carbocycles. The lowest BCUT2D eigenvalue weighted by atomic mass is 9.89. The number of carbonyl (C=O) groups excluding carboxylic acids is 1. The molecule has 0 spiro atoms. The van der Waals surface area contributed by atoms with Gasteiger partial charge in [0.15, 0.2) is 0 Å². The van der Waals surface area contributed by atoms with Crippen LogP contribution in [0.4, 0.5) is 5.69 Å². The average Bonchev–Trinajstić information content (AvgIpc) is 3.03. The molecule has 92 valence electrons. The van der Waals surface area contributed by atoms with Crippen LogP contribution in [-0.2, 0) is 16.6 Å². The molecule has 0 bridgehead atoms. The Kier molecular flexibility index (Phi) is 2.67. The first kappa shape index (κ1) is 11.4. The van der Waals surface area contributed by atoms with Crippen molar-refractivity contribution in [1.29, 1.82) is 0 Å². The Morgan fingerprint density at radius 3 is 2.61 bits per heavy atom. The van der Waals surface area contributed by atoms with E-state index >= 15 is 0 Å². The highest BCUT2D eigenvalue weighted by atomic mass is 32.1. The van der Waals surface area contributed by atoms with Crippen molar-refractivity contribution >= 4 is 22.8 Å². The van der Waals surface area contributed by atoms with Crippen molar-refractivity contribution in [3.8, 4) is 0 Å². The SMILES string of the molecule is Nc1ccc(C2(C(=O)Cc3cncs3)CC2)cc1. The predicted molar refractivity (Wildman–Crippen MR) is 72.6 cm³/mol. The summed E-state index contributed by atoms with van der Waals surface area (Å²) >= 11 is 1.54. The number of carbonyl (C=O) groups is 1. The highest BCUT2D eigenvalue weighted by Gasteiger charge is 2.50. The largest absolute Gasteiger partial charge is 0.399 e. The number of nitrogens with zero attached hydrogens (tertiary/aromatic N) is 1. The summed E-state index contributed by atoms with van der Waals surface area (Å²) in [6, 6.07) is 7.70. The molecule has 4 heteroatoms. The van der Waals surface area contributed by atoms with Gasteiger partial charge in [0.1, 0.15) is 5.78 Å². The van der Waals surface area contributed by atoms with Crippen LogP contribution in [0.15, 0.2) is 36.0 Å². The van der Waals surface area contributed by atoms with E-state index in [0.717, 1.165) is 29.0 Å². The summed E-state index contributed by atoms with van der Waals surface area (Å²) in [5.41, 5.74) is 9.04. The smallest absolute Gasteiger partial charge is 0.148 e. The normalized spacial score (nSPS) is 16.4. The summed E-state index contributed by atoms with van der Waals surface area (Å²) in [5, 5.41) is 0. The highest BCUT2D eigenvalue weighted by Crippen LogP contribution is 2.49. The molecular formula is C14H14N2OS. The first-order chi connectivity index (χ1) is 8.71. The lowest BCUT2D eigenvalue weighted by Crippen LogP contribution is -2.22. The Hall–Kier alpha value is -1.68. The zero-order valence-electron chi connectivity index (χ0n) is 9.93. The zero-order valence-corrected chi connectivity index (χ0v) is 10.7. The summed E-state index contributed by atoms with van der Waals surface area (Å²) in [5.74, 6) is 0.302. The van der Waals surface area contributed by atoms with Gasteiger partial charge in [0, 0.05) is 23.2 Å². The number of benzene rings is 1. The summed E-state index contributed by atoms with van der Waals surface area (Å²) < 4.78 is 0. The fourth-order valence-corrected chi connectivity index (χ4v) is 2.91. The van der Waals surface area contributed by atoms with Crippen LogP contribution >= 0.6 is 11.3 Å². The minimum absolute atomic E-state index is 0.252. The molecule has 1 aliphatic rings. The zero-order chi connectivity index (χ0) is 12.6. The maximum atomic E-state index is 12.4. The van der Waals surface area contributed by atoms with Crippen LogP contribution in [0.5, 0.6) is 0 Å². The van der Waals surface area contributed by atoms with Crippen molar-refractivity contribution < 1.29 is 4.79 Å². The van der Waals surface area contributed by atoms with E-state index in [1.807, 2.05) is 24.3 Å². The summed E-state index contributed by atoms with van der Waals surface area (Å²) in [6.07, 6.45) is 4.18. The van der Waals surface area contributed by atoms with Crippen LogP contribution in [0.2, 0.25) is 0 Å². The number of hydrogen-bond donors (Lipinski definition) is 1. The Bertz CT molecular complexity index is 556. The van der Waals surface area contributed by atoms with E-state index in [2.05, 4.69) is 4.98 Å². The second-order valence-corrected chi connectivity index (χ2v) is 5.74. The van der Waals surface area contributed by atoms with Gasteiger partial charge in [-0.05, 0) is 30.5 Å². The third kappa shape index (κ3) is 1.93. The van der Waals surface area contributed by atoms with Crippen molar-refractivity contribution in [2.24, 2.45) is 0 Å². The molecule has 0 radical (unpaired) electrons. The van der Waals surface area contributed by atoms with Crippen LogP contribution in [0.25, 0.3) is 0 Å². The number of nitrogen functional groups attached to an aromatic ring is 1. The van der Waals surface area contributed by atoms with Crippen molar-refractivity contribution in [3.63, 3.8) is 0 Å². The van der Waals surface area contributed by atoms with Gasteiger partial charge in [-0.15, -0.1) is 11.3 Å². The Labute approximate surface area is 110 Å². The third-order valence-corrected chi connectivity index (χ3v) is 4.34. The first-order valence-electron chi connectivity index (χ1n) is 5.97. The topological polar surface area (TPSA) is 56.0 Å². The second kappa shape index (κ2) is 4.21. The minimum Gasteiger partial charge on any atom is -0.399 e. The van der Waals surface area contributed by atoms with Gasteiger partial charge in [0.05, 0.1) is 10.9 Å². The fourth-order valence-electron chi connectivity index (χ4n) is 2.31. The van der Waals surface area contributed by atoms with Gasteiger partial charge in [-0.25, -0.2) is 0 Å². The maximum absolute atomic E-state index is 12.4. The molecule has 0 amide bonds. The van der Waals surface area contributed by atoms with Crippen LogP contribution in [-0.4, -0.2) is 10.8 Å². The van der Waals surface area contributed by atoms with Crippen molar-refractivity contribution in [1.82, 2.24) is 4.98 Å². The van der Waals surface area contributed by atoms with E-state index in [-0.39, 0.29) is 5.41 Å². The number of Topliss-reactive ketones (excluding diaryl/α,β-unsaturated/α-hetero) is 1. The Morgan fingerprint density at radius 1 is 1.33 bits per heavy atom. The number of hydrogen-bond acceptors (Lipinski definition) is 4. The van der Waals surface area contributed by atoms with E-state index < -0.39 is 0 Å². The summed E-state index contributed by atoms with van der Waals surface area (Å²) in [7, 11) is 0. The molecule has 1 aromatic carbocycles. The molecule has 2 N–H and O–H groups in total. The first-order valence-corrected chi connectivity index (χ1v) is 6.85. The van der Waals surface area contributed by atoms with Gasteiger partial charge >= 0.3 is 0 Å². The molecule has 3 rings (SSSR count). The van der Waals surface area contributed by atoms with Crippen molar-refractivity contribution in [3.05, 3.63) is 46.4 Å². The van der Waals surface area contributed by atoms with Crippen molar-refractivity contribution in [2.75, 3.05) is 5.73 Å². The number of rotatable bonds is 4. The lowest BCUT2D eigenvalue weighted by molar-refractivity contribution is -0.120. The van der Waals surface area contributed by atoms with E-state index in [9.17, 15) is 4.79 Å². The predicted octanol–water partition coefficient (Wildman–Crippen LogP) is 2.57. The molecule has 1 fully saturated rings. The fraction of sp³-hybridized carbons (Fsp3) is 0.286. The van der Waals surface area contributed by atoms with E-state index in [0.29, 0.717) is 12.2 Å². The van der Waals surface area contributed by atoms with Gasteiger partial charge < -0.3 is 5.73 Å². The van der Waals surface area contributed by atoms with Gasteiger partial charge in [-0.3, -0.25) is 9.78 Å². The monoisotopic (exact) mass is 258 g/mol. The molecule has 1 aliphatic carbocycles. The number of aromatic nitrogens is 1. The molecule has 0 atom stereocenters. The highest BCUT2D eigenvalue weighted by molar-refractivity contribution is 7.09. The van der Waals surface area contributed by atoms with E-state index in [4.69, 9.17) is 5.73 Å². The molecule has 0 aliphatic heterocycles. The Balaban J connectivity index is 1.82. The average molecular weight is 258 g/mol. The quantitative estimate of drug-likeness (QED) is 0.857. The molecule has 18 heavy (non-hydrogen) atoms. The number of thiazole rings is 1. The standard InChI is InChI=1S/C14H14N2OS/c15-11-3-1-10(2-4-11)14(5-6-14)13(17)7-12-8-16-9-18-12/h1-4,8-9H,5-7,15H2. The second-order valence-electron chi connectivity index (χ2n) is 4.77. The van der Waals surface area contributed by atoms with Crippen LogP contribution in [0.3, 0.4) is 0 Å². The molecule has 0 saturated heterocycles. The minimum atomic E-state index is -0.252.